The Balaban J connectivity index is 2.52. The molecule has 1 aliphatic heterocycles. The fourth-order valence-electron chi connectivity index (χ4n) is 1.66. The summed E-state index contributed by atoms with van der Waals surface area (Å²) in [6, 6.07) is 2.30. The Hall–Kier alpha value is -2.13. The van der Waals surface area contributed by atoms with Gasteiger partial charge in [0.25, 0.3) is 11.6 Å². The monoisotopic (exact) mass is 326 g/mol. The molecular weight excluding hydrogens is 316 g/mol. The number of nitrogens with one attached hydrogen (secondary N) is 1. The summed E-state index contributed by atoms with van der Waals surface area (Å²) in [5.41, 5.74) is -0.121. The molecule has 1 aromatic carbocycles. The molecule has 2 N–H and O–H groups in total. The van der Waals surface area contributed by atoms with Crippen LogP contribution in [-0.2, 0) is 4.79 Å². The molecule has 0 radical (unpaired) electrons. The number of ether oxygens (including phenoxy) is 1. The van der Waals surface area contributed by atoms with Crippen LogP contribution in [0.1, 0.15) is 12.5 Å². The normalized spacial score (nSPS) is 16.1. The summed E-state index contributed by atoms with van der Waals surface area (Å²) < 4.78 is 5.46. The number of hydrogen-bond acceptors (Lipinski definition) is 7. The van der Waals surface area contributed by atoms with Gasteiger partial charge in [-0.15, -0.1) is 0 Å². The number of nitrogens with zero attached hydrogens (tertiary/aromatic N) is 1. The fraction of sp³-hybridized carbons (Fsp3) is 0.167. The van der Waals surface area contributed by atoms with Crippen molar-refractivity contribution in [1.29, 1.82) is 0 Å². The molecule has 1 aromatic rings. The van der Waals surface area contributed by atoms with Crippen molar-refractivity contribution in [3.8, 4) is 11.5 Å². The zero-order valence-corrected chi connectivity index (χ0v) is 12.4. The largest absolute Gasteiger partial charge is 0.504 e. The number of nitro groups is 1. The van der Waals surface area contributed by atoms with Gasteiger partial charge in [0.05, 0.1) is 22.5 Å². The Morgan fingerprint density at radius 1 is 1.57 bits per heavy atom. The first kappa shape index (κ1) is 15.3. The average molecular weight is 326 g/mol. The lowest BCUT2D eigenvalue weighted by molar-refractivity contribution is -0.385. The summed E-state index contributed by atoms with van der Waals surface area (Å²) in [7, 11) is 0. The molecular formula is C12H10N2O5S2. The van der Waals surface area contributed by atoms with Gasteiger partial charge in [-0.25, -0.2) is 0 Å². The van der Waals surface area contributed by atoms with Crippen LogP contribution in [0, 0.1) is 10.1 Å². The van der Waals surface area contributed by atoms with Crippen LogP contribution in [0.4, 0.5) is 5.69 Å². The van der Waals surface area contributed by atoms with Crippen molar-refractivity contribution < 1.29 is 19.6 Å². The van der Waals surface area contributed by atoms with E-state index >= 15 is 0 Å². The number of carbonyl (C=O) groups excluding carboxylic acids is 1. The molecule has 1 amide bonds. The Morgan fingerprint density at radius 3 is 2.81 bits per heavy atom. The number of nitro benzene ring substituents is 1. The van der Waals surface area contributed by atoms with E-state index in [0.29, 0.717) is 4.32 Å². The number of phenols is 1. The van der Waals surface area contributed by atoms with E-state index in [4.69, 9.17) is 17.0 Å². The molecule has 0 aromatic heterocycles. The van der Waals surface area contributed by atoms with Crippen LogP contribution >= 0.6 is 24.0 Å². The number of benzene rings is 1. The van der Waals surface area contributed by atoms with E-state index in [-0.39, 0.29) is 34.3 Å². The van der Waals surface area contributed by atoms with Crippen LogP contribution in [0.15, 0.2) is 17.0 Å². The second-order valence-electron chi connectivity index (χ2n) is 3.92. The van der Waals surface area contributed by atoms with Gasteiger partial charge in [0.1, 0.15) is 4.32 Å². The molecule has 0 aliphatic carbocycles. The van der Waals surface area contributed by atoms with E-state index < -0.39 is 10.8 Å². The summed E-state index contributed by atoms with van der Waals surface area (Å²) in [6.07, 6.45) is 1.34. The molecule has 0 unspecified atom stereocenters. The van der Waals surface area contributed by atoms with Crippen LogP contribution in [0.2, 0.25) is 0 Å². The number of hydrogen-bond donors (Lipinski definition) is 2. The number of aromatic hydroxyl groups is 1. The van der Waals surface area contributed by atoms with Crippen LogP contribution in [0.25, 0.3) is 6.08 Å². The highest BCUT2D eigenvalue weighted by molar-refractivity contribution is 8.26. The highest BCUT2D eigenvalue weighted by atomic mass is 32.2. The fourth-order valence-corrected chi connectivity index (χ4v) is 2.69. The number of carbonyl (C=O) groups is 1. The first-order chi connectivity index (χ1) is 9.92. The van der Waals surface area contributed by atoms with E-state index in [1.54, 1.807) is 6.92 Å². The van der Waals surface area contributed by atoms with Gasteiger partial charge in [0, 0.05) is 11.6 Å². The molecule has 1 aliphatic rings. The zero-order valence-electron chi connectivity index (χ0n) is 10.8. The van der Waals surface area contributed by atoms with Crippen molar-refractivity contribution >= 4 is 46.0 Å². The third-order valence-corrected chi connectivity index (χ3v) is 3.69. The number of rotatable bonds is 4. The number of phenolic OH excluding ortho intramolecular Hbond substituents is 1. The third kappa shape index (κ3) is 3.31. The van der Waals surface area contributed by atoms with Gasteiger partial charge in [-0.05, 0) is 13.0 Å². The molecule has 110 valence electrons. The standard InChI is InChI=1S/C12H10N2O5S2/c1-2-19-8-5-7(14(17)18)3-6(10(8)15)4-9-11(16)13-12(20)21-9/h3-5,15H,2H2,1H3,(H,13,16,20). The Kier molecular flexibility index (Phi) is 4.43. The highest BCUT2D eigenvalue weighted by Crippen LogP contribution is 2.37. The van der Waals surface area contributed by atoms with Crippen molar-refractivity contribution in [3.63, 3.8) is 0 Å². The Bertz CT molecular complexity index is 672. The van der Waals surface area contributed by atoms with Gasteiger partial charge < -0.3 is 15.2 Å². The van der Waals surface area contributed by atoms with Crippen LogP contribution < -0.4 is 10.1 Å². The molecule has 0 atom stereocenters. The second-order valence-corrected chi connectivity index (χ2v) is 5.64. The third-order valence-electron chi connectivity index (χ3n) is 2.53. The van der Waals surface area contributed by atoms with Crippen LogP contribution in [-0.4, -0.2) is 26.9 Å². The van der Waals surface area contributed by atoms with Crippen molar-refractivity contribution in [2.45, 2.75) is 6.92 Å². The molecule has 1 fully saturated rings. The predicted octanol–water partition coefficient (Wildman–Crippen LogP) is 2.19. The maximum Gasteiger partial charge on any atom is 0.274 e. The van der Waals surface area contributed by atoms with E-state index in [9.17, 15) is 20.0 Å². The van der Waals surface area contributed by atoms with E-state index in [0.717, 1.165) is 17.8 Å². The van der Waals surface area contributed by atoms with Gasteiger partial charge in [-0.3, -0.25) is 14.9 Å². The average Bonchev–Trinajstić information content (AvgIpc) is 2.72. The smallest absolute Gasteiger partial charge is 0.274 e. The quantitative estimate of drug-likeness (QED) is 0.378. The molecule has 2 rings (SSSR count). The van der Waals surface area contributed by atoms with Gasteiger partial charge in [0.2, 0.25) is 0 Å². The minimum atomic E-state index is -0.601. The SMILES string of the molecule is CCOc1cc([N+](=O)[O-])cc(C=C2SC(=S)NC2=O)c1O. The first-order valence-electron chi connectivity index (χ1n) is 5.81. The first-order valence-corrected chi connectivity index (χ1v) is 7.04. The number of thiocarbonyl (C=S) groups is 1. The molecule has 0 saturated carbocycles. The van der Waals surface area contributed by atoms with Crippen molar-refractivity contribution in [2.24, 2.45) is 0 Å². The molecule has 9 heteroatoms. The molecule has 0 bridgehead atoms. The lowest BCUT2D eigenvalue weighted by Gasteiger charge is -2.08. The van der Waals surface area contributed by atoms with Gasteiger partial charge >= 0.3 is 0 Å². The Morgan fingerprint density at radius 2 is 2.29 bits per heavy atom. The number of non-ortho nitro benzene ring substituents is 1. The second kappa shape index (κ2) is 6.10. The Labute approximate surface area is 129 Å². The molecule has 1 heterocycles. The summed E-state index contributed by atoms with van der Waals surface area (Å²) in [6.45, 7) is 1.93. The van der Waals surface area contributed by atoms with Gasteiger partial charge in [-0.2, -0.15) is 0 Å². The van der Waals surface area contributed by atoms with E-state index in [2.05, 4.69) is 5.32 Å². The highest BCUT2D eigenvalue weighted by Gasteiger charge is 2.24. The summed E-state index contributed by atoms with van der Waals surface area (Å²) in [5.74, 6) is -0.681. The zero-order chi connectivity index (χ0) is 15.6. The molecule has 21 heavy (non-hydrogen) atoms. The maximum absolute atomic E-state index is 11.6. The topological polar surface area (TPSA) is 102 Å². The van der Waals surface area contributed by atoms with Crippen molar-refractivity contribution in [1.82, 2.24) is 5.32 Å². The molecule has 1 saturated heterocycles. The molecule has 0 spiro atoms. The minimum Gasteiger partial charge on any atom is -0.504 e. The van der Waals surface area contributed by atoms with Gasteiger partial charge in [0.15, 0.2) is 11.5 Å². The summed E-state index contributed by atoms with van der Waals surface area (Å²) in [4.78, 5) is 22.2. The van der Waals surface area contributed by atoms with E-state index in [1.165, 1.54) is 12.1 Å². The van der Waals surface area contributed by atoms with Crippen LogP contribution in [0.5, 0.6) is 11.5 Å². The number of thioether (sulfide) groups is 1. The maximum atomic E-state index is 11.6. The number of amides is 1. The van der Waals surface area contributed by atoms with E-state index in [1.807, 2.05) is 0 Å². The lowest BCUT2D eigenvalue weighted by atomic mass is 10.1. The summed E-state index contributed by atoms with van der Waals surface area (Å²) >= 11 is 5.87. The van der Waals surface area contributed by atoms with Crippen molar-refractivity contribution in [2.75, 3.05) is 6.61 Å². The summed E-state index contributed by atoms with van der Waals surface area (Å²) in [5, 5.41) is 23.4. The lowest BCUT2D eigenvalue weighted by Crippen LogP contribution is -2.17. The predicted molar refractivity (Wildman–Crippen MR) is 82.2 cm³/mol. The minimum absolute atomic E-state index is 0.00969. The van der Waals surface area contributed by atoms with Crippen molar-refractivity contribution in [3.05, 3.63) is 32.7 Å². The van der Waals surface area contributed by atoms with Crippen LogP contribution in [0.3, 0.4) is 0 Å². The van der Waals surface area contributed by atoms with Gasteiger partial charge in [-0.1, -0.05) is 24.0 Å². The molecule has 7 nitrogen and oxygen atoms in total.